The van der Waals surface area contributed by atoms with E-state index < -0.39 is 0 Å². The highest BCUT2D eigenvalue weighted by atomic mass is 16.6. The van der Waals surface area contributed by atoms with Gasteiger partial charge in [0.1, 0.15) is 6.10 Å². The van der Waals surface area contributed by atoms with Gasteiger partial charge in [0.25, 0.3) is 0 Å². The molecule has 0 radical (unpaired) electrons. The molecule has 1 saturated heterocycles. The molecule has 1 aromatic carbocycles. The highest BCUT2D eigenvalue weighted by molar-refractivity contribution is 5.92. The molecular weight excluding hydrogens is 250 g/mol. The van der Waals surface area contributed by atoms with E-state index in [0.29, 0.717) is 5.92 Å². The molecule has 1 aliphatic heterocycles. The maximum atomic E-state index is 12.3. The molecule has 1 unspecified atom stereocenters. The van der Waals surface area contributed by atoms with Gasteiger partial charge in [0.15, 0.2) is 0 Å². The Labute approximate surface area is 120 Å². The predicted molar refractivity (Wildman–Crippen MR) is 79.8 cm³/mol. The van der Waals surface area contributed by atoms with Gasteiger partial charge in [-0.05, 0) is 51.2 Å². The van der Waals surface area contributed by atoms with Crippen molar-refractivity contribution in [2.75, 3.05) is 4.90 Å². The molecule has 3 nitrogen and oxygen atoms in total. The van der Waals surface area contributed by atoms with Crippen LogP contribution in [-0.2, 0) is 4.74 Å². The fraction of sp³-hybridized carbons (Fsp3) is 0.471. The Morgan fingerprint density at radius 2 is 2.10 bits per heavy atom. The first-order valence-electron chi connectivity index (χ1n) is 7.23. The van der Waals surface area contributed by atoms with Gasteiger partial charge in [-0.1, -0.05) is 30.4 Å². The zero-order valence-corrected chi connectivity index (χ0v) is 12.1. The lowest BCUT2D eigenvalue weighted by molar-refractivity contribution is 0.0715. The smallest absolute Gasteiger partial charge is 0.415 e. The maximum absolute atomic E-state index is 12.3. The van der Waals surface area contributed by atoms with E-state index in [0.717, 1.165) is 24.9 Å². The molecule has 20 heavy (non-hydrogen) atoms. The molecule has 0 spiro atoms. The van der Waals surface area contributed by atoms with Gasteiger partial charge in [0.05, 0.1) is 5.54 Å². The van der Waals surface area contributed by atoms with Gasteiger partial charge in [0.2, 0.25) is 0 Å². The van der Waals surface area contributed by atoms with Crippen molar-refractivity contribution in [2.45, 2.75) is 44.8 Å². The van der Waals surface area contributed by atoms with Crippen molar-refractivity contribution < 1.29 is 9.53 Å². The number of benzene rings is 1. The van der Waals surface area contributed by atoms with E-state index in [1.165, 1.54) is 5.57 Å². The van der Waals surface area contributed by atoms with Crippen molar-refractivity contribution in [2.24, 2.45) is 5.92 Å². The summed E-state index contributed by atoms with van der Waals surface area (Å²) in [6, 6.07) is 9.82. The van der Waals surface area contributed by atoms with E-state index in [1.807, 2.05) is 35.2 Å². The van der Waals surface area contributed by atoms with Crippen molar-refractivity contribution in [3.05, 3.63) is 42.5 Å². The molecule has 2 aliphatic rings. The average molecular weight is 271 g/mol. The number of fused-ring (bicyclic) bond motifs is 1. The Balaban J connectivity index is 1.92. The third-order valence-corrected chi connectivity index (χ3v) is 4.84. The Morgan fingerprint density at radius 1 is 1.40 bits per heavy atom. The summed E-state index contributed by atoms with van der Waals surface area (Å²) in [5, 5.41) is 0. The highest BCUT2D eigenvalue weighted by Crippen LogP contribution is 2.46. The van der Waals surface area contributed by atoms with Crippen LogP contribution in [0.25, 0.3) is 0 Å². The van der Waals surface area contributed by atoms with Crippen molar-refractivity contribution in [3.8, 4) is 0 Å². The van der Waals surface area contributed by atoms with Gasteiger partial charge in [-0.25, -0.2) is 4.79 Å². The fourth-order valence-corrected chi connectivity index (χ4v) is 3.50. The van der Waals surface area contributed by atoms with Crippen LogP contribution in [0.3, 0.4) is 0 Å². The Morgan fingerprint density at radius 3 is 2.75 bits per heavy atom. The first-order chi connectivity index (χ1) is 9.52. The van der Waals surface area contributed by atoms with E-state index in [2.05, 4.69) is 20.4 Å². The maximum Gasteiger partial charge on any atom is 0.415 e. The third-order valence-electron chi connectivity index (χ3n) is 4.84. The summed E-state index contributed by atoms with van der Waals surface area (Å²) < 4.78 is 5.66. The van der Waals surface area contributed by atoms with Crippen LogP contribution in [0, 0.1) is 5.92 Å². The molecule has 0 N–H and O–H groups in total. The van der Waals surface area contributed by atoms with E-state index in [9.17, 15) is 4.79 Å². The second-order valence-corrected chi connectivity index (χ2v) is 6.22. The number of nitrogens with zero attached hydrogens (tertiary/aromatic N) is 1. The monoisotopic (exact) mass is 271 g/mol. The number of allylic oxidation sites excluding steroid dienone is 1. The highest BCUT2D eigenvalue weighted by Gasteiger charge is 2.54. The number of para-hydroxylation sites is 1. The summed E-state index contributed by atoms with van der Waals surface area (Å²) in [7, 11) is 0. The van der Waals surface area contributed by atoms with Crippen LogP contribution < -0.4 is 4.90 Å². The van der Waals surface area contributed by atoms with Crippen LogP contribution in [0.4, 0.5) is 10.5 Å². The number of hydrogen-bond acceptors (Lipinski definition) is 2. The standard InChI is InChI=1S/C17H21NO2/c1-12(2)13-9-10-17(3)15(11-13)20-16(19)18(17)14-7-5-4-6-8-14/h4-8,13,15H,1,9-11H2,2-3H3/t13-,15?,17+/m1/s1. The lowest BCUT2D eigenvalue weighted by Crippen LogP contribution is -2.52. The topological polar surface area (TPSA) is 29.5 Å². The second-order valence-electron chi connectivity index (χ2n) is 6.22. The lowest BCUT2D eigenvalue weighted by atomic mass is 9.73. The number of anilines is 1. The number of rotatable bonds is 2. The Kier molecular flexibility index (Phi) is 3.08. The van der Waals surface area contributed by atoms with Crippen LogP contribution in [0.15, 0.2) is 42.5 Å². The van der Waals surface area contributed by atoms with E-state index in [-0.39, 0.29) is 17.7 Å². The summed E-state index contributed by atoms with van der Waals surface area (Å²) in [6.07, 6.45) is 2.66. The summed E-state index contributed by atoms with van der Waals surface area (Å²) in [6.45, 7) is 8.27. The minimum absolute atomic E-state index is 0.0364. The minimum Gasteiger partial charge on any atom is -0.443 e. The number of ether oxygens (including phenoxy) is 1. The number of carbonyl (C=O) groups excluding carboxylic acids is 1. The average Bonchev–Trinajstić information content (AvgIpc) is 2.68. The SMILES string of the molecule is C=C(C)[C@@H]1CC[C@@]2(C)C(C1)OC(=O)N2c1ccccc1. The predicted octanol–water partition coefficient (Wildman–Crippen LogP) is 4.15. The molecule has 3 atom stereocenters. The minimum atomic E-state index is -0.232. The molecule has 1 aliphatic carbocycles. The van der Waals surface area contributed by atoms with Crippen LogP contribution in [0.2, 0.25) is 0 Å². The van der Waals surface area contributed by atoms with Gasteiger partial charge in [-0.2, -0.15) is 0 Å². The van der Waals surface area contributed by atoms with E-state index >= 15 is 0 Å². The van der Waals surface area contributed by atoms with Gasteiger partial charge < -0.3 is 4.74 Å². The molecule has 3 heteroatoms. The third kappa shape index (κ3) is 1.92. The van der Waals surface area contributed by atoms with Gasteiger partial charge in [0, 0.05) is 5.69 Å². The van der Waals surface area contributed by atoms with Crippen molar-refractivity contribution >= 4 is 11.8 Å². The molecule has 1 saturated carbocycles. The van der Waals surface area contributed by atoms with E-state index in [1.54, 1.807) is 0 Å². The molecule has 0 aromatic heterocycles. The summed E-state index contributed by atoms with van der Waals surface area (Å²) >= 11 is 0. The fourth-order valence-electron chi connectivity index (χ4n) is 3.50. The van der Waals surface area contributed by atoms with Crippen molar-refractivity contribution in [1.82, 2.24) is 0 Å². The molecule has 1 amide bonds. The van der Waals surface area contributed by atoms with Crippen molar-refractivity contribution in [1.29, 1.82) is 0 Å². The normalized spacial score (nSPS) is 32.7. The van der Waals surface area contributed by atoms with E-state index in [4.69, 9.17) is 4.74 Å². The van der Waals surface area contributed by atoms with Crippen molar-refractivity contribution in [3.63, 3.8) is 0 Å². The summed E-state index contributed by atoms with van der Waals surface area (Å²) in [5.74, 6) is 0.469. The molecule has 3 rings (SSSR count). The summed E-state index contributed by atoms with van der Waals surface area (Å²) in [4.78, 5) is 14.1. The largest absolute Gasteiger partial charge is 0.443 e. The van der Waals surface area contributed by atoms with Gasteiger partial charge >= 0.3 is 6.09 Å². The second kappa shape index (κ2) is 4.65. The van der Waals surface area contributed by atoms with Crippen LogP contribution in [0.1, 0.15) is 33.1 Å². The molecule has 0 bridgehead atoms. The number of hydrogen-bond donors (Lipinski definition) is 0. The molecule has 1 aromatic rings. The Bertz CT molecular complexity index is 539. The molecule has 1 heterocycles. The lowest BCUT2D eigenvalue weighted by Gasteiger charge is -2.41. The first kappa shape index (κ1) is 13.2. The number of amides is 1. The molecular formula is C17H21NO2. The van der Waals surface area contributed by atoms with Gasteiger partial charge in [-0.3, -0.25) is 4.90 Å². The van der Waals surface area contributed by atoms with Gasteiger partial charge in [-0.15, -0.1) is 0 Å². The quantitative estimate of drug-likeness (QED) is 0.756. The Hall–Kier alpha value is -1.77. The van der Waals surface area contributed by atoms with Crippen LogP contribution in [0.5, 0.6) is 0 Å². The number of carbonyl (C=O) groups is 1. The van der Waals surface area contributed by atoms with Crippen LogP contribution >= 0.6 is 0 Å². The molecule has 2 fully saturated rings. The zero-order valence-electron chi connectivity index (χ0n) is 12.1. The summed E-state index contributed by atoms with van der Waals surface area (Å²) in [5.41, 5.74) is 1.89. The molecule has 106 valence electrons. The van der Waals surface area contributed by atoms with Crippen LogP contribution in [-0.4, -0.2) is 17.7 Å². The first-order valence-corrected chi connectivity index (χ1v) is 7.23. The zero-order chi connectivity index (χ0) is 14.3.